The molecule has 0 saturated carbocycles. The van der Waals surface area contributed by atoms with Crippen LogP contribution in [-0.2, 0) is 14.3 Å². The molecule has 79 heavy (non-hydrogen) atoms. The van der Waals surface area contributed by atoms with Crippen molar-refractivity contribution in [1.82, 2.24) is 5.32 Å². The maximum Gasteiger partial charge on any atom is 0.305 e. The van der Waals surface area contributed by atoms with Crippen LogP contribution in [0.25, 0.3) is 0 Å². The molecule has 2 unspecified atom stereocenters. The van der Waals surface area contributed by atoms with Crippen molar-refractivity contribution < 1.29 is 24.5 Å². The first-order valence-electron chi connectivity index (χ1n) is 35.1. The number of allylic oxidation sites excluding steroid dienone is 9. The summed E-state index contributed by atoms with van der Waals surface area (Å²) < 4.78 is 5.47. The van der Waals surface area contributed by atoms with Crippen molar-refractivity contribution in [3.63, 3.8) is 0 Å². The van der Waals surface area contributed by atoms with Crippen LogP contribution in [0.2, 0.25) is 0 Å². The van der Waals surface area contributed by atoms with Gasteiger partial charge in [0.05, 0.1) is 25.4 Å². The maximum atomic E-state index is 12.5. The summed E-state index contributed by atoms with van der Waals surface area (Å²) in [7, 11) is 0. The van der Waals surface area contributed by atoms with Crippen LogP contribution in [0.3, 0.4) is 0 Å². The monoisotopic (exact) mass is 1110 g/mol. The largest absolute Gasteiger partial charge is 0.466 e. The van der Waals surface area contributed by atoms with E-state index in [0.29, 0.717) is 19.4 Å². The SMILES string of the molecule is CCC/C=C\C/C=C\CCCCCCCC(=O)OCCCCCCCCCCC/C=C\C/C=C\CCCCCCCCCCCCCCCC(=O)NC(CO)C(O)/C=C/CCCCCCCCCCCCCCCCCCCC. The maximum absolute atomic E-state index is 12.5. The topological polar surface area (TPSA) is 95.9 Å². The fourth-order valence-electron chi connectivity index (χ4n) is 10.6. The molecule has 0 heterocycles. The Labute approximate surface area is 492 Å². The highest BCUT2D eigenvalue weighted by atomic mass is 16.5. The number of hydrogen-bond acceptors (Lipinski definition) is 5. The number of rotatable bonds is 65. The molecule has 1 amide bonds. The molecular formula is C73H135NO5. The lowest BCUT2D eigenvalue weighted by Gasteiger charge is -2.20. The van der Waals surface area contributed by atoms with E-state index >= 15 is 0 Å². The first kappa shape index (κ1) is 76.6. The lowest BCUT2D eigenvalue weighted by Crippen LogP contribution is -2.45. The molecule has 0 spiro atoms. The Balaban J connectivity index is 3.44. The number of aliphatic hydroxyl groups excluding tert-OH is 2. The van der Waals surface area contributed by atoms with Gasteiger partial charge in [0.15, 0.2) is 0 Å². The van der Waals surface area contributed by atoms with E-state index in [0.717, 1.165) is 57.8 Å². The Hall–Kier alpha value is -2.44. The van der Waals surface area contributed by atoms with Crippen LogP contribution >= 0.6 is 0 Å². The molecule has 0 bridgehead atoms. The minimum Gasteiger partial charge on any atom is -0.466 e. The minimum absolute atomic E-state index is 0.00395. The third-order valence-corrected chi connectivity index (χ3v) is 16.0. The van der Waals surface area contributed by atoms with Crippen LogP contribution in [-0.4, -0.2) is 47.4 Å². The summed E-state index contributed by atoms with van der Waals surface area (Å²) in [4.78, 5) is 24.5. The van der Waals surface area contributed by atoms with Crippen molar-refractivity contribution in [3.05, 3.63) is 60.8 Å². The van der Waals surface area contributed by atoms with Crippen LogP contribution in [0.1, 0.15) is 367 Å². The molecule has 0 aliphatic heterocycles. The second-order valence-electron chi connectivity index (χ2n) is 23.9. The Morgan fingerprint density at radius 3 is 1.01 bits per heavy atom. The lowest BCUT2D eigenvalue weighted by molar-refractivity contribution is -0.143. The zero-order chi connectivity index (χ0) is 57.1. The molecule has 3 N–H and O–H groups in total. The average molecular weight is 1110 g/mol. The smallest absolute Gasteiger partial charge is 0.305 e. The zero-order valence-electron chi connectivity index (χ0n) is 52.9. The lowest BCUT2D eigenvalue weighted by atomic mass is 10.0. The van der Waals surface area contributed by atoms with Crippen molar-refractivity contribution in [2.75, 3.05) is 13.2 Å². The molecule has 0 fully saturated rings. The van der Waals surface area contributed by atoms with Gasteiger partial charge in [-0.15, -0.1) is 0 Å². The highest BCUT2D eigenvalue weighted by Crippen LogP contribution is 2.18. The minimum atomic E-state index is -0.847. The summed E-state index contributed by atoms with van der Waals surface area (Å²) in [5, 5.41) is 23.2. The van der Waals surface area contributed by atoms with Gasteiger partial charge in [0.25, 0.3) is 0 Å². The van der Waals surface area contributed by atoms with Gasteiger partial charge in [0.2, 0.25) is 5.91 Å². The molecule has 0 aliphatic carbocycles. The van der Waals surface area contributed by atoms with Crippen molar-refractivity contribution in [2.24, 2.45) is 0 Å². The molecule has 0 aromatic carbocycles. The first-order valence-corrected chi connectivity index (χ1v) is 35.1. The summed E-state index contributed by atoms with van der Waals surface area (Å²) in [5.74, 6) is -0.0705. The molecule has 462 valence electrons. The third kappa shape index (κ3) is 64.6. The Morgan fingerprint density at radius 1 is 0.354 bits per heavy atom. The second kappa shape index (κ2) is 68.1. The number of nitrogens with one attached hydrogen (secondary N) is 1. The van der Waals surface area contributed by atoms with Crippen LogP contribution in [0, 0.1) is 0 Å². The van der Waals surface area contributed by atoms with E-state index in [1.807, 2.05) is 6.08 Å². The highest BCUT2D eigenvalue weighted by Gasteiger charge is 2.18. The number of ether oxygens (including phenoxy) is 1. The summed E-state index contributed by atoms with van der Waals surface area (Å²) in [6, 6.07) is -0.631. The first-order chi connectivity index (χ1) is 39.0. The molecule has 0 aliphatic rings. The van der Waals surface area contributed by atoms with Gasteiger partial charge in [0, 0.05) is 12.8 Å². The van der Waals surface area contributed by atoms with E-state index in [-0.39, 0.29) is 18.5 Å². The number of aliphatic hydroxyl groups is 2. The van der Waals surface area contributed by atoms with Crippen LogP contribution in [0.15, 0.2) is 60.8 Å². The summed E-state index contributed by atoms with van der Waals surface area (Å²) in [5.41, 5.74) is 0. The van der Waals surface area contributed by atoms with Gasteiger partial charge in [-0.1, -0.05) is 325 Å². The standard InChI is InChI=1S/C73H135NO5/c1-3-5-7-9-11-13-15-17-18-19-20-32-35-38-42-45-49-53-57-61-65-71(76)70(69-75)74-72(77)66-62-58-54-50-46-43-39-36-33-30-28-26-24-22-21-23-25-27-29-31-34-37-40-44-48-52-56-60-64-68-79-73(78)67-63-59-55-51-47-41-16-14-12-10-8-6-4-2/h8,10,14,16,21,23,27,29,61,65,70-71,75-76H,3-7,9,11-13,15,17-20,22,24-26,28,30-60,62-64,66-69H2,1-2H3,(H,74,77)/b10-8-,16-14-,23-21-,29-27-,65-61+. The molecule has 0 rings (SSSR count). The summed E-state index contributed by atoms with van der Waals surface area (Å²) in [6.07, 6.45) is 90.1. The van der Waals surface area contributed by atoms with Crippen molar-refractivity contribution in [1.29, 1.82) is 0 Å². The van der Waals surface area contributed by atoms with Gasteiger partial charge in [0.1, 0.15) is 0 Å². The number of unbranched alkanes of at least 4 members (excludes halogenated alkanes) is 46. The van der Waals surface area contributed by atoms with E-state index in [9.17, 15) is 19.8 Å². The number of amides is 1. The molecule has 0 radical (unpaired) electrons. The Bertz CT molecular complexity index is 1370. The van der Waals surface area contributed by atoms with Gasteiger partial charge in [-0.2, -0.15) is 0 Å². The molecular weight excluding hydrogens is 971 g/mol. The van der Waals surface area contributed by atoms with E-state index < -0.39 is 12.1 Å². The van der Waals surface area contributed by atoms with Crippen molar-refractivity contribution in [3.8, 4) is 0 Å². The quantitative estimate of drug-likeness (QED) is 0.0320. The fourth-order valence-corrected chi connectivity index (χ4v) is 10.6. The number of carbonyl (C=O) groups excluding carboxylic acids is 2. The van der Waals surface area contributed by atoms with Crippen LogP contribution in [0.4, 0.5) is 0 Å². The summed E-state index contributed by atoms with van der Waals surface area (Å²) >= 11 is 0. The normalized spacial score (nSPS) is 12.9. The van der Waals surface area contributed by atoms with E-state index in [1.165, 1.54) is 283 Å². The second-order valence-corrected chi connectivity index (χ2v) is 23.9. The molecule has 6 nitrogen and oxygen atoms in total. The van der Waals surface area contributed by atoms with Gasteiger partial charge in [-0.25, -0.2) is 0 Å². The predicted octanol–water partition coefficient (Wildman–Crippen LogP) is 22.6. The average Bonchev–Trinajstić information content (AvgIpc) is 3.45. The van der Waals surface area contributed by atoms with Gasteiger partial charge >= 0.3 is 5.97 Å². The van der Waals surface area contributed by atoms with E-state index in [4.69, 9.17) is 4.74 Å². The van der Waals surface area contributed by atoms with E-state index in [1.54, 1.807) is 6.08 Å². The predicted molar refractivity (Wildman–Crippen MR) is 347 cm³/mol. The number of esters is 1. The van der Waals surface area contributed by atoms with Gasteiger partial charge < -0.3 is 20.3 Å². The summed E-state index contributed by atoms with van der Waals surface area (Å²) in [6.45, 7) is 4.85. The number of hydrogen-bond donors (Lipinski definition) is 3. The highest BCUT2D eigenvalue weighted by molar-refractivity contribution is 5.76. The van der Waals surface area contributed by atoms with E-state index in [2.05, 4.69) is 67.8 Å². The van der Waals surface area contributed by atoms with Gasteiger partial charge in [-0.3, -0.25) is 9.59 Å². The molecule has 0 aromatic heterocycles. The van der Waals surface area contributed by atoms with Crippen molar-refractivity contribution in [2.45, 2.75) is 379 Å². The zero-order valence-corrected chi connectivity index (χ0v) is 52.9. The molecule has 6 heteroatoms. The molecule has 0 saturated heterocycles. The molecule has 2 atom stereocenters. The van der Waals surface area contributed by atoms with Gasteiger partial charge in [-0.05, 0) is 89.9 Å². The van der Waals surface area contributed by atoms with Crippen molar-refractivity contribution >= 4 is 11.9 Å². The number of carbonyl (C=O) groups is 2. The fraction of sp³-hybridized carbons (Fsp3) is 0.836. The Morgan fingerprint density at radius 2 is 0.658 bits per heavy atom. The third-order valence-electron chi connectivity index (χ3n) is 16.0. The van der Waals surface area contributed by atoms with Crippen LogP contribution < -0.4 is 5.32 Å². The Kier molecular flexibility index (Phi) is 66.0. The molecule has 0 aromatic rings. The van der Waals surface area contributed by atoms with Crippen LogP contribution in [0.5, 0.6) is 0 Å².